The lowest BCUT2D eigenvalue weighted by Gasteiger charge is -1.95. The molecule has 0 unspecified atom stereocenters. The number of rotatable bonds is 2. The molecular weight excluding hydrogens is 262 g/mol. The Hall–Kier alpha value is -1.61. The van der Waals surface area contributed by atoms with Crippen LogP contribution in [0.2, 0.25) is 0 Å². The van der Waals surface area contributed by atoms with Crippen LogP contribution in [-0.4, -0.2) is 15.2 Å². The normalized spacial score (nSPS) is 9.13. The molecule has 0 atom stereocenters. The molecule has 0 aliphatic rings. The average Bonchev–Trinajstić information content (AvgIpc) is 2.20. The number of hydrogen-bond acceptors (Lipinski definition) is 4. The summed E-state index contributed by atoms with van der Waals surface area (Å²) in [6.45, 7) is 0. The van der Waals surface area contributed by atoms with E-state index in [1.807, 2.05) is 0 Å². The van der Waals surface area contributed by atoms with E-state index in [1.54, 1.807) is 0 Å². The summed E-state index contributed by atoms with van der Waals surface area (Å²) in [4.78, 5) is 13.7. The van der Waals surface area contributed by atoms with Gasteiger partial charge in [-0.2, -0.15) is 0 Å². The van der Waals surface area contributed by atoms with Crippen LogP contribution >= 0.6 is 15.9 Å². The lowest BCUT2D eigenvalue weighted by atomic mass is 10.2. The summed E-state index contributed by atoms with van der Waals surface area (Å²) in [6.07, 6.45) is 2.10. The van der Waals surface area contributed by atoms with Gasteiger partial charge in [-0.3, -0.25) is 10.1 Å². The van der Waals surface area contributed by atoms with Gasteiger partial charge in [-0.05, 0) is 0 Å². The monoisotopic (exact) mass is 269 g/mol. The molecule has 0 spiro atoms. The fourth-order valence-electron chi connectivity index (χ4n) is 0.890. The van der Waals surface area contributed by atoms with E-state index >= 15 is 0 Å². The minimum absolute atomic E-state index is 0.0916. The summed E-state index contributed by atoms with van der Waals surface area (Å²) in [5.74, 6) is 5.51. The molecule has 78 valence electrons. The third kappa shape index (κ3) is 3.22. The lowest BCUT2D eigenvalue weighted by Crippen LogP contribution is -1.98. The van der Waals surface area contributed by atoms with Gasteiger partial charge in [-0.1, -0.05) is 27.8 Å². The number of alkyl halides is 1. The number of nitro groups is 1. The molecule has 0 fully saturated rings. The number of nitrogens with zero attached hydrogens (tertiary/aromatic N) is 2. The maximum atomic E-state index is 10.5. The first-order chi connectivity index (χ1) is 7.15. The van der Waals surface area contributed by atoms with E-state index in [9.17, 15) is 10.1 Å². The van der Waals surface area contributed by atoms with Crippen LogP contribution in [-0.2, 0) is 0 Å². The topological polar surface area (TPSA) is 82.0 Å². The second-order valence-electron chi connectivity index (χ2n) is 2.63. The van der Waals surface area contributed by atoms with Crippen molar-refractivity contribution in [1.29, 1.82) is 0 Å². The van der Waals surface area contributed by atoms with Crippen molar-refractivity contribution < 1.29 is 4.92 Å². The Labute approximate surface area is 95.0 Å². The van der Waals surface area contributed by atoms with Crippen molar-refractivity contribution in [2.24, 2.45) is 0 Å². The van der Waals surface area contributed by atoms with Crippen LogP contribution in [0.15, 0.2) is 12.3 Å². The van der Waals surface area contributed by atoms with E-state index in [4.69, 9.17) is 5.73 Å². The van der Waals surface area contributed by atoms with Crippen molar-refractivity contribution >= 4 is 27.4 Å². The molecule has 2 N–H and O–H groups in total. The van der Waals surface area contributed by atoms with E-state index in [1.165, 1.54) is 12.3 Å². The highest BCUT2D eigenvalue weighted by atomic mass is 79.9. The van der Waals surface area contributed by atoms with Crippen molar-refractivity contribution in [3.8, 4) is 11.8 Å². The number of halogens is 1. The second kappa shape index (κ2) is 5.32. The minimum Gasteiger partial charge on any atom is -0.378 e. The average molecular weight is 270 g/mol. The van der Waals surface area contributed by atoms with Crippen molar-refractivity contribution in [1.82, 2.24) is 4.98 Å². The van der Waals surface area contributed by atoms with Crippen LogP contribution < -0.4 is 5.73 Å². The standard InChI is InChI=1S/C9H8BrN3O2/c10-4-2-1-3-7-5-8(13(14)15)9(11)12-6-7/h5-6H,2,4H2,(H2,11,12). The molecule has 0 saturated heterocycles. The first-order valence-corrected chi connectivity index (χ1v) is 5.22. The van der Waals surface area contributed by atoms with Gasteiger partial charge in [0.1, 0.15) is 0 Å². The number of nitrogens with two attached hydrogens (primary N) is 1. The molecule has 1 aromatic rings. The van der Waals surface area contributed by atoms with Gasteiger partial charge in [0, 0.05) is 29.6 Å². The Kier molecular flexibility index (Phi) is 4.06. The van der Waals surface area contributed by atoms with Gasteiger partial charge in [0.2, 0.25) is 5.82 Å². The fourth-order valence-corrected chi connectivity index (χ4v) is 1.09. The molecule has 1 aromatic heterocycles. The molecule has 0 saturated carbocycles. The largest absolute Gasteiger partial charge is 0.378 e. The zero-order chi connectivity index (χ0) is 11.3. The summed E-state index contributed by atoms with van der Waals surface area (Å²) < 4.78 is 0. The zero-order valence-electron chi connectivity index (χ0n) is 7.74. The van der Waals surface area contributed by atoms with E-state index < -0.39 is 4.92 Å². The van der Waals surface area contributed by atoms with Gasteiger partial charge in [-0.25, -0.2) is 4.98 Å². The summed E-state index contributed by atoms with van der Waals surface area (Å²) in [7, 11) is 0. The zero-order valence-corrected chi connectivity index (χ0v) is 9.32. The molecule has 0 aliphatic carbocycles. The van der Waals surface area contributed by atoms with Gasteiger partial charge in [-0.15, -0.1) is 0 Å². The second-order valence-corrected chi connectivity index (χ2v) is 3.42. The van der Waals surface area contributed by atoms with E-state index in [0.29, 0.717) is 12.0 Å². The highest BCUT2D eigenvalue weighted by Crippen LogP contribution is 2.18. The van der Waals surface area contributed by atoms with Gasteiger partial charge < -0.3 is 5.73 Å². The van der Waals surface area contributed by atoms with Crippen molar-refractivity contribution in [2.75, 3.05) is 11.1 Å². The number of pyridine rings is 1. The molecule has 1 rings (SSSR count). The van der Waals surface area contributed by atoms with Crippen LogP contribution in [0.4, 0.5) is 11.5 Å². The third-order valence-corrected chi connectivity index (χ3v) is 1.94. The first kappa shape index (κ1) is 11.5. The number of anilines is 1. The molecule has 5 nitrogen and oxygen atoms in total. The van der Waals surface area contributed by atoms with Crippen LogP contribution in [0, 0.1) is 22.0 Å². The summed E-state index contributed by atoms with van der Waals surface area (Å²) >= 11 is 3.23. The molecule has 15 heavy (non-hydrogen) atoms. The fraction of sp³-hybridized carbons (Fsp3) is 0.222. The van der Waals surface area contributed by atoms with E-state index in [0.717, 1.165) is 5.33 Å². The van der Waals surface area contributed by atoms with Gasteiger partial charge in [0.15, 0.2) is 0 Å². The summed E-state index contributed by atoms with van der Waals surface area (Å²) in [5.41, 5.74) is 5.63. The maximum absolute atomic E-state index is 10.5. The minimum atomic E-state index is -0.571. The Morgan fingerprint density at radius 3 is 3.00 bits per heavy atom. The van der Waals surface area contributed by atoms with Crippen LogP contribution in [0.5, 0.6) is 0 Å². The first-order valence-electron chi connectivity index (χ1n) is 4.10. The van der Waals surface area contributed by atoms with Gasteiger partial charge in [0.05, 0.1) is 4.92 Å². The maximum Gasteiger partial charge on any atom is 0.312 e. The van der Waals surface area contributed by atoms with E-state index in [2.05, 4.69) is 32.8 Å². The highest BCUT2D eigenvalue weighted by Gasteiger charge is 2.12. The number of nitrogen functional groups attached to an aromatic ring is 1. The molecule has 0 radical (unpaired) electrons. The highest BCUT2D eigenvalue weighted by molar-refractivity contribution is 9.09. The molecular formula is C9H8BrN3O2. The molecule has 6 heteroatoms. The number of aromatic nitrogens is 1. The predicted molar refractivity (Wildman–Crippen MR) is 60.6 cm³/mol. The van der Waals surface area contributed by atoms with E-state index in [-0.39, 0.29) is 11.5 Å². The smallest absolute Gasteiger partial charge is 0.312 e. The molecule has 1 heterocycles. The quantitative estimate of drug-likeness (QED) is 0.384. The molecule has 0 aliphatic heterocycles. The Morgan fingerprint density at radius 2 is 2.40 bits per heavy atom. The third-order valence-electron chi connectivity index (χ3n) is 1.55. The molecule has 0 bridgehead atoms. The molecule has 0 aromatic carbocycles. The van der Waals surface area contributed by atoms with Crippen LogP contribution in [0.25, 0.3) is 0 Å². The van der Waals surface area contributed by atoms with Crippen molar-refractivity contribution in [3.63, 3.8) is 0 Å². The summed E-state index contributed by atoms with van der Waals surface area (Å²) in [5, 5.41) is 11.3. The van der Waals surface area contributed by atoms with Gasteiger partial charge >= 0.3 is 5.69 Å². The van der Waals surface area contributed by atoms with Crippen molar-refractivity contribution in [3.05, 3.63) is 27.9 Å². The molecule has 0 amide bonds. The lowest BCUT2D eigenvalue weighted by molar-refractivity contribution is -0.384. The Balaban J connectivity index is 2.99. The van der Waals surface area contributed by atoms with Crippen LogP contribution in [0.3, 0.4) is 0 Å². The van der Waals surface area contributed by atoms with Crippen LogP contribution in [0.1, 0.15) is 12.0 Å². The number of hydrogen-bond donors (Lipinski definition) is 1. The Morgan fingerprint density at radius 1 is 1.67 bits per heavy atom. The summed E-state index contributed by atoms with van der Waals surface area (Å²) in [6, 6.07) is 1.32. The Bertz CT molecular complexity index is 437. The SMILES string of the molecule is Nc1ncc(C#CCCBr)cc1[N+](=O)[O-]. The van der Waals surface area contributed by atoms with Gasteiger partial charge in [0.25, 0.3) is 0 Å². The van der Waals surface area contributed by atoms with Crippen molar-refractivity contribution in [2.45, 2.75) is 6.42 Å². The predicted octanol–water partition coefficient (Wildman–Crippen LogP) is 1.71.